The van der Waals surface area contributed by atoms with Gasteiger partial charge in [0.1, 0.15) is 13.2 Å². The summed E-state index contributed by atoms with van der Waals surface area (Å²) < 4.78 is 16.7. The van der Waals surface area contributed by atoms with Crippen LogP contribution in [0, 0.1) is 0 Å². The smallest absolute Gasteiger partial charge is 0.306 e. The first kappa shape index (κ1) is 57.9. The Bertz CT molecular complexity index is 973. The van der Waals surface area contributed by atoms with Crippen molar-refractivity contribution in [3.63, 3.8) is 0 Å². The minimum absolute atomic E-state index is 0.0731. The Morgan fingerprint density at radius 2 is 0.550 bits per heavy atom. The van der Waals surface area contributed by atoms with E-state index in [4.69, 9.17) is 14.2 Å². The number of hydrogen-bond acceptors (Lipinski definition) is 6. The zero-order chi connectivity index (χ0) is 43.7. The zero-order valence-electron chi connectivity index (χ0n) is 40.2. The number of carbonyl (C=O) groups is 3. The molecular weight excluding hydrogens is 745 g/mol. The Labute approximate surface area is 373 Å². The van der Waals surface area contributed by atoms with Crippen LogP contribution in [0.15, 0.2) is 24.3 Å². The van der Waals surface area contributed by atoms with Gasteiger partial charge in [-0.2, -0.15) is 0 Å². The van der Waals surface area contributed by atoms with Gasteiger partial charge in [0.2, 0.25) is 0 Å². The molecule has 0 aromatic carbocycles. The highest BCUT2D eigenvalue weighted by molar-refractivity contribution is 5.71. The van der Waals surface area contributed by atoms with Gasteiger partial charge in [0.15, 0.2) is 6.10 Å². The van der Waals surface area contributed by atoms with Crippen molar-refractivity contribution in [2.75, 3.05) is 13.2 Å². The highest BCUT2D eigenvalue weighted by Gasteiger charge is 2.19. The van der Waals surface area contributed by atoms with Crippen molar-refractivity contribution in [1.29, 1.82) is 0 Å². The van der Waals surface area contributed by atoms with Gasteiger partial charge in [-0.3, -0.25) is 14.4 Å². The Balaban J connectivity index is 4.15. The lowest BCUT2D eigenvalue weighted by Crippen LogP contribution is -2.30. The van der Waals surface area contributed by atoms with Gasteiger partial charge >= 0.3 is 17.9 Å². The van der Waals surface area contributed by atoms with Gasteiger partial charge in [-0.25, -0.2) is 0 Å². The maximum absolute atomic E-state index is 12.7. The molecule has 352 valence electrons. The highest BCUT2D eigenvalue weighted by Crippen LogP contribution is 2.15. The largest absolute Gasteiger partial charge is 0.462 e. The van der Waals surface area contributed by atoms with E-state index in [9.17, 15) is 14.4 Å². The molecular formula is C54H100O6. The molecule has 0 aliphatic rings. The lowest BCUT2D eigenvalue weighted by molar-refractivity contribution is -0.167. The van der Waals surface area contributed by atoms with E-state index in [2.05, 4.69) is 45.1 Å². The van der Waals surface area contributed by atoms with Gasteiger partial charge in [-0.15, -0.1) is 0 Å². The van der Waals surface area contributed by atoms with Gasteiger partial charge < -0.3 is 14.2 Å². The summed E-state index contributed by atoms with van der Waals surface area (Å²) in [6.07, 6.45) is 56.2. The molecule has 1 unspecified atom stereocenters. The van der Waals surface area contributed by atoms with Crippen molar-refractivity contribution in [2.24, 2.45) is 0 Å². The molecule has 0 aliphatic carbocycles. The van der Waals surface area contributed by atoms with Crippen LogP contribution < -0.4 is 0 Å². The number of hydrogen-bond donors (Lipinski definition) is 0. The minimum atomic E-state index is -0.770. The van der Waals surface area contributed by atoms with Crippen LogP contribution in [-0.4, -0.2) is 37.2 Å². The molecule has 0 aromatic heterocycles. The number of allylic oxidation sites excluding steroid dienone is 4. The molecule has 0 saturated heterocycles. The lowest BCUT2D eigenvalue weighted by Gasteiger charge is -2.18. The fourth-order valence-corrected chi connectivity index (χ4v) is 7.67. The second-order valence-corrected chi connectivity index (χ2v) is 17.8. The van der Waals surface area contributed by atoms with E-state index < -0.39 is 6.10 Å². The first-order chi connectivity index (χ1) is 29.5. The molecule has 0 fully saturated rings. The average Bonchev–Trinajstić information content (AvgIpc) is 3.24. The van der Waals surface area contributed by atoms with Gasteiger partial charge in [-0.05, 0) is 70.6 Å². The summed E-state index contributed by atoms with van der Waals surface area (Å²) in [4.78, 5) is 37.7. The van der Waals surface area contributed by atoms with Gasteiger partial charge in [0.25, 0.3) is 0 Å². The van der Waals surface area contributed by atoms with Gasteiger partial charge in [0.05, 0.1) is 0 Å². The number of ether oxygens (including phenoxy) is 3. The molecule has 0 spiro atoms. The van der Waals surface area contributed by atoms with E-state index in [1.54, 1.807) is 0 Å². The number of rotatable bonds is 48. The number of carbonyl (C=O) groups excluding carboxylic acids is 3. The van der Waals surface area contributed by atoms with Crippen LogP contribution in [0.2, 0.25) is 0 Å². The van der Waals surface area contributed by atoms with E-state index in [0.717, 1.165) is 64.2 Å². The molecule has 0 rings (SSSR count). The van der Waals surface area contributed by atoms with Crippen LogP contribution in [0.4, 0.5) is 0 Å². The number of unbranched alkanes of at least 4 members (excludes halogenated alkanes) is 33. The summed E-state index contributed by atoms with van der Waals surface area (Å²) in [6, 6.07) is 0. The van der Waals surface area contributed by atoms with Crippen LogP contribution in [0.5, 0.6) is 0 Å². The van der Waals surface area contributed by atoms with E-state index in [1.807, 2.05) is 0 Å². The average molecular weight is 845 g/mol. The molecule has 0 bridgehead atoms. The van der Waals surface area contributed by atoms with Gasteiger partial charge in [0, 0.05) is 19.3 Å². The summed E-state index contributed by atoms with van der Waals surface area (Å²) in [5.41, 5.74) is 0. The zero-order valence-corrected chi connectivity index (χ0v) is 40.2. The summed E-state index contributed by atoms with van der Waals surface area (Å²) in [5, 5.41) is 0. The first-order valence-corrected chi connectivity index (χ1v) is 26.3. The molecule has 6 nitrogen and oxygen atoms in total. The van der Waals surface area contributed by atoms with Crippen molar-refractivity contribution in [2.45, 2.75) is 290 Å². The van der Waals surface area contributed by atoms with E-state index in [1.165, 1.54) is 180 Å². The van der Waals surface area contributed by atoms with Crippen molar-refractivity contribution in [1.82, 2.24) is 0 Å². The fraction of sp³-hybridized carbons (Fsp3) is 0.870. The monoisotopic (exact) mass is 845 g/mol. The lowest BCUT2D eigenvalue weighted by atomic mass is 10.1. The number of esters is 3. The minimum Gasteiger partial charge on any atom is -0.462 e. The van der Waals surface area contributed by atoms with Crippen molar-refractivity contribution in [3.05, 3.63) is 24.3 Å². The molecule has 0 amide bonds. The SMILES string of the molecule is CCCCCCCC/C=C\CCCCCCCC(=O)OC(COC(=O)CCCCCCCC)COC(=O)CCCCCCCCCCC/C=C\CCCCCCCCCC. The molecule has 0 saturated carbocycles. The Morgan fingerprint density at radius 1 is 0.317 bits per heavy atom. The topological polar surface area (TPSA) is 78.9 Å². The predicted octanol–water partition coefficient (Wildman–Crippen LogP) is 17.2. The molecule has 0 aliphatic heterocycles. The maximum atomic E-state index is 12.7. The first-order valence-electron chi connectivity index (χ1n) is 26.3. The fourth-order valence-electron chi connectivity index (χ4n) is 7.67. The van der Waals surface area contributed by atoms with Crippen LogP contribution in [0.25, 0.3) is 0 Å². The quantitative estimate of drug-likeness (QED) is 0.0263. The third kappa shape index (κ3) is 46.9. The molecule has 1 atom stereocenters. The summed E-state index contributed by atoms with van der Waals surface area (Å²) >= 11 is 0. The third-order valence-corrected chi connectivity index (χ3v) is 11.7. The second kappa shape index (κ2) is 49.5. The van der Waals surface area contributed by atoms with Crippen molar-refractivity contribution < 1.29 is 28.6 Å². The summed E-state index contributed by atoms with van der Waals surface area (Å²) in [5.74, 6) is -0.882. The maximum Gasteiger partial charge on any atom is 0.306 e. The van der Waals surface area contributed by atoms with Crippen LogP contribution in [-0.2, 0) is 28.6 Å². The van der Waals surface area contributed by atoms with Crippen LogP contribution in [0.3, 0.4) is 0 Å². The highest BCUT2D eigenvalue weighted by atomic mass is 16.6. The summed E-state index contributed by atoms with van der Waals surface area (Å²) in [7, 11) is 0. The molecule has 0 aromatic rings. The molecule has 0 radical (unpaired) electrons. The molecule has 0 heterocycles. The van der Waals surface area contributed by atoms with Gasteiger partial charge in [-0.1, -0.05) is 218 Å². The Morgan fingerprint density at radius 3 is 0.833 bits per heavy atom. The normalized spacial score (nSPS) is 12.1. The van der Waals surface area contributed by atoms with E-state index in [0.29, 0.717) is 19.3 Å². The Hall–Kier alpha value is -2.11. The molecule has 6 heteroatoms. The summed E-state index contributed by atoms with van der Waals surface area (Å²) in [6.45, 7) is 6.59. The molecule has 60 heavy (non-hydrogen) atoms. The van der Waals surface area contributed by atoms with Crippen LogP contribution >= 0.6 is 0 Å². The standard InChI is InChI=1S/C54H100O6/c1-4-7-10-13-16-18-20-22-24-25-26-27-28-29-31-32-34-36-38-41-44-47-53(56)59-50-51(49-58-52(55)46-43-40-15-12-9-6-3)60-54(57)48-45-42-39-37-35-33-30-23-21-19-17-14-11-8-5-2/h23,25-26,30,51H,4-22,24,27-29,31-50H2,1-3H3/b26-25-,30-23-. The van der Waals surface area contributed by atoms with E-state index >= 15 is 0 Å². The van der Waals surface area contributed by atoms with E-state index in [-0.39, 0.29) is 31.1 Å². The van der Waals surface area contributed by atoms with Crippen LogP contribution in [0.1, 0.15) is 284 Å². The van der Waals surface area contributed by atoms with Crippen molar-refractivity contribution in [3.8, 4) is 0 Å². The molecule has 0 N–H and O–H groups in total. The van der Waals surface area contributed by atoms with Crippen molar-refractivity contribution >= 4 is 17.9 Å². The second-order valence-electron chi connectivity index (χ2n) is 17.8. The predicted molar refractivity (Wildman–Crippen MR) is 256 cm³/mol. The third-order valence-electron chi connectivity index (χ3n) is 11.7. The Kier molecular flexibility index (Phi) is 47.8.